The van der Waals surface area contributed by atoms with Crippen molar-refractivity contribution in [3.8, 4) is 5.69 Å². The molecule has 6 nitrogen and oxygen atoms in total. The maximum Gasteiger partial charge on any atom is 0.236 e. The third-order valence-electron chi connectivity index (χ3n) is 4.52. The highest BCUT2D eigenvalue weighted by Gasteiger charge is 2.30. The van der Waals surface area contributed by atoms with Crippen LogP contribution >= 0.6 is 23.4 Å². The summed E-state index contributed by atoms with van der Waals surface area (Å²) in [6.07, 6.45) is 4.40. The molecule has 0 aliphatic carbocycles. The highest BCUT2D eigenvalue weighted by molar-refractivity contribution is 8.00. The Balaban J connectivity index is 1.73. The van der Waals surface area contributed by atoms with Gasteiger partial charge in [0.05, 0.1) is 10.9 Å². The van der Waals surface area contributed by atoms with Crippen LogP contribution in [0.25, 0.3) is 5.69 Å². The van der Waals surface area contributed by atoms with Crippen molar-refractivity contribution in [1.82, 2.24) is 25.1 Å². The number of carbonyl (C=O) groups excluding carboxylic acids is 1. The van der Waals surface area contributed by atoms with Gasteiger partial charge < -0.3 is 4.90 Å². The molecule has 1 amide bonds. The molecule has 1 fully saturated rings. The van der Waals surface area contributed by atoms with Gasteiger partial charge in [0.25, 0.3) is 0 Å². The van der Waals surface area contributed by atoms with E-state index in [1.807, 2.05) is 24.0 Å². The average molecular weight is 380 g/mol. The highest BCUT2D eigenvalue weighted by Crippen LogP contribution is 2.27. The summed E-state index contributed by atoms with van der Waals surface area (Å²) in [5.74, 6) is 0.169. The van der Waals surface area contributed by atoms with E-state index in [4.69, 9.17) is 11.6 Å². The van der Waals surface area contributed by atoms with E-state index in [1.165, 1.54) is 18.2 Å². The summed E-state index contributed by atoms with van der Waals surface area (Å²) in [7, 11) is 0. The Morgan fingerprint density at radius 1 is 1.36 bits per heavy atom. The minimum Gasteiger partial charge on any atom is -0.339 e. The van der Waals surface area contributed by atoms with Crippen LogP contribution in [0.2, 0.25) is 5.02 Å². The summed E-state index contributed by atoms with van der Waals surface area (Å²) in [4.78, 5) is 14.9. The van der Waals surface area contributed by atoms with Crippen LogP contribution in [0.4, 0.5) is 0 Å². The van der Waals surface area contributed by atoms with E-state index in [2.05, 4.69) is 22.4 Å². The van der Waals surface area contributed by atoms with Gasteiger partial charge in [0.2, 0.25) is 11.1 Å². The second-order valence-electron chi connectivity index (χ2n) is 6.20. The average Bonchev–Trinajstić information content (AvgIpc) is 3.09. The van der Waals surface area contributed by atoms with E-state index >= 15 is 0 Å². The second kappa shape index (κ2) is 8.19. The van der Waals surface area contributed by atoms with Crippen LogP contribution in [0, 0.1) is 0 Å². The summed E-state index contributed by atoms with van der Waals surface area (Å²) in [6.45, 7) is 4.93. The molecule has 1 aliphatic rings. The molecule has 25 heavy (non-hydrogen) atoms. The van der Waals surface area contributed by atoms with Crippen LogP contribution in [0.3, 0.4) is 0 Å². The normalized spacial score (nSPS) is 19.0. The Kier molecular flexibility index (Phi) is 5.96. The van der Waals surface area contributed by atoms with E-state index in [0.29, 0.717) is 16.2 Å². The number of amides is 1. The lowest BCUT2D eigenvalue weighted by molar-refractivity contribution is -0.134. The molecule has 0 N–H and O–H groups in total. The molecule has 0 bridgehead atoms. The van der Waals surface area contributed by atoms with Gasteiger partial charge in [-0.1, -0.05) is 30.3 Å². The van der Waals surface area contributed by atoms with E-state index in [9.17, 15) is 4.79 Å². The van der Waals surface area contributed by atoms with Gasteiger partial charge in [-0.3, -0.25) is 4.79 Å². The van der Waals surface area contributed by atoms with E-state index in [1.54, 1.807) is 16.8 Å². The van der Waals surface area contributed by atoms with Crippen LogP contribution < -0.4 is 0 Å². The molecular weight excluding hydrogens is 358 g/mol. The van der Waals surface area contributed by atoms with Gasteiger partial charge in [-0.15, -0.1) is 5.10 Å². The molecule has 0 saturated carbocycles. The van der Waals surface area contributed by atoms with E-state index in [-0.39, 0.29) is 11.2 Å². The molecule has 0 spiro atoms. The van der Waals surface area contributed by atoms with Gasteiger partial charge in [-0.2, -0.15) is 4.68 Å². The van der Waals surface area contributed by atoms with Gasteiger partial charge in [-0.05, 0) is 67.3 Å². The maximum absolute atomic E-state index is 12.9. The van der Waals surface area contributed by atoms with Gasteiger partial charge in [0, 0.05) is 17.6 Å². The van der Waals surface area contributed by atoms with Crippen LogP contribution in [-0.4, -0.2) is 48.9 Å². The standard InChI is InChI=1S/C17H22ClN5OS/c1-3-14-6-4-5-11-22(14)16(24)12(2)25-17-19-20-21-23(17)15-9-7-13(18)8-10-15/h7-10,12,14H,3-6,11H2,1-2H3. The number of benzene rings is 1. The SMILES string of the molecule is CCC1CCCCN1C(=O)C(C)Sc1nnnn1-c1ccc(Cl)cc1. The van der Waals surface area contributed by atoms with Crippen molar-refractivity contribution in [3.63, 3.8) is 0 Å². The van der Waals surface area contributed by atoms with Crippen LogP contribution in [0.5, 0.6) is 0 Å². The first-order valence-electron chi connectivity index (χ1n) is 8.61. The molecule has 134 valence electrons. The fourth-order valence-electron chi connectivity index (χ4n) is 3.15. The lowest BCUT2D eigenvalue weighted by Crippen LogP contribution is -2.46. The molecule has 3 rings (SSSR count). The Labute approximate surface area is 156 Å². The van der Waals surface area contributed by atoms with Crippen molar-refractivity contribution in [2.75, 3.05) is 6.54 Å². The van der Waals surface area contributed by atoms with Gasteiger partial charge in [0.15, 0.2) is 0 Å². The molecule has 1 aromatic carbocycles. The molecule has 1 aromatic heterocycles. The van der Waals surface area contributed by atoms with Crippen molar-refractivity contribution >= 4 is 29.3 Å². The smallest absolute Gasteiger partial charge is 0.236 e. The van der Waals surface area contributed by atoms with Crippen molar-refractivity contribution in [2.45, 2.75) is 56.0 Å². The Morgan fingerprint density at radius 2 is 2.12 bits per heavy atom. The van der Waals surface area contributed by atoms with Crippen LogP contribution in [0.1, 0.15) is 39.5 Å². The lowest BCUT2D eigenvalue weighted by atomic mass is 10.00. The second-order valence-corrected chi connectivity index (χ2v) is 7.94. The number of tetrazole rings is 1. The Morgan fingerprint density at radius 3 is 2.84 bits per heavy atom. The largest absolute Gasteiger partial charge is 0.339 e. The number of likely N-dealkylation sites (tertiary alicyclic amines) is 1. The van der Waals surface area contributed by atoms with Crippen molar-refractivity contribution in [2.24, 2.45) is 0 Å². The number of nitrogens with zero attached hydrogens (tertiary/aromatic N) is 5. The van der Waals surface area contributed by atoms with Crippen LogP contribution in [0.15, 0.2) is 29.4 Å². The van der Waals surface area contributed by atoms with Crippen molar-refractivity contribution in [3.05, 3.63) is 29.3 Å². The quantitative estimate of drug-likeness (QED) is 0.743. The fraction of sp³-hybridized carbons (Fsp3) is 0.529. The maximum atomic E-state index is 12.9. The molecule has 2 unspecified atom stereocenters. The van der Waals surface area contributed by atoms with Gasteiger partial charge in [0.1, 0.15) is 0 Å². The monoisotopic (exact) mass is 379 g/mol. The molecular formula is C17H22ClN5OS. The molecule has 2 atom stereocenters. The van der Waals surface area contributed by atoms with Crippen molar-refractivity contribution in [1.29, 1.82) is 0 Å². The summed E-state index contributed by atoms with van der Waals surface area (Å²) < 4.78 is 1.64. The summed E-state index contributed by atoms with van der Waals surface area (Å²) in [6, 6.07) is 7.65. The van der Waals surface area contributed by atoms with Gasteiger partial charge >= 0.3 is 0 Å². The van der Waals surface area contributed by atoms with Crippen molar-refractivity contribution < 1.29 is 4.79 Å². The number of hydrogen-bond acceptors (Lipinski definition) is 5. The zero-order valence-electron chi connectivity index (χ0n) is 14.4. The summed E-state index contributed by atoms with van der Waals surface area (Å²) in [5.41, 5.74) is 0.820. The minimum absolute atomic E-state index is 0.169. The van der Waals surface area contributed by atoms with Gasteiger partial charge in [-0.25, -0.2) is 0 Å². The highest BCUT2D eigenvalue weighted by atomic mass is 35.5. The molecule has 1 aliphatic heterocycles. The minimum atomic E-state index is -0.232. The predicted octanol–water partition coefficient (Wildman–Crippen LogP) is 3.59. The first kappa shape index (κ1) is 18.2. The number of piperidine rings is 1. The number of thioether (sulfide) groups is 1. The molecule has 0 radical (unpaired) electrons. The zero-order valence-corrected chi connectivity index (χ0v) is 16.0. The topological polar surface area (TPSA) is 63.9 Å². The Hall–Kier alpha value is -1.60. The number of carbonyl (C=O) groups is 1. The first-order valence-corrected chi connectivity index (χ1v) is 9.87. The fourth-order valence-corrected chi connectivity index (χ4v) is 4.16. The Bertz CT molecular complexity index is 720. The first-order chi connectivity index (χ1) is 12.1. The number of aromatic nitrogens is 4. The number of rotatable bonds is 5. The van der Waals surface area contributed by atoms with Crippen LogP contribution in [-0.2, 0) is 4.79 Å². The summed E-state index contributed by atoms with van der Waals surface area (Å²) >= 11 is 7.33. The molecule has 1 saturated heterocycles. The van der Waals surface area contributed by atoms with E-state index in [0.717, 1.165) is 31.5 Å². The third kappa shape index (κ3) is 4.15. The number of halogens is 1. The zero-order chi connectivity index (χ0) is 17.8. The predicted molar refractivity (Wildman–Crippen MR) is 99.1 cm³/mol. The summed E-state index contributed by atoms with van der Waals surface area (Å²) in [5, 5.41) is 12.9. The third-order valence-corrected chi connectivity index (χ3v) is 5.80. The molecule has 2 heterocycles. The molecule has 2 aromatic rings. The van der Waals surface area contributed by atoms with E-state index < -0.39 is 0 Å². The molecule has 8 heteroatoms. The number of hydrogen-bond donors (Lipinski definition) is 0. The lowest BCUT2D eigenvalue weighted by Gasteiger charge is -2.36.